The summed E-state index contributed by atoms with van der Waals surface area (Å²) < 4.78 is 0. The number of nitrogens with zero attached hydrogens (tertiary/aromatic N) is 4. The van der Waals surface area contributed by atoms with Gasteiger partial charge in [-0.15, -0.1) is 0 Å². The number of aryl methyl sites for hydroxylation is 1. The molecule has 1 aromatic heterocycles. The Hall–Kier alpha value is -1.65. The minimum absolute atomic E-state index is 0.189. The Morgan fingerprint density at radius 1 is 1.08 bits per heavy atom. The largest absolute Gasteiger partial charge is 0.355 e. The molecule has 2 aliphatic rings. The predicted octanol–water partition coefficient (Wildman–Crippen LogP) is 2.90. The van der Waals surface area contributed by atoms with Crippen molar-refractivity contribution in [2.45, 2.75) is 46.5 Å². The van der Waals surface area contributed by atoms with Crippen molar-refractivity contribution in [2.24, 2.45) is 17.8 Å². The van der Waals surface area contributed by atoms with Gasteiger partial charge < -0.3 is 9.80 Å². The first kappa shape index (κ1) is 17.2. The normalized spacial score (nSPS) is 20.7. The smallest absolute Gasteiger partial charge is 0.225 e. The first-order valence-corrected chi connectivity index (χ1v) is 9.37. The molecule has 0 atom stereocenters. The van der Waals surface area contributed by atoms with E-state index in [2.05, 4.69) is 33.6 Å². The Morgan fingerprint density at radius 2 is 1.75 bits per heavy atom. The average molecular weight is 330 g/mol. The number of hydrogen-bond donors (Lipinski definition) is 0. The van der Waals surface area contributed by atoms with E-state index in [0.29, 0.717) is 5.91 Å². The summed E-state index contributed by atoms with van der Waals surface area (Å²) in [5.41, 5.74) is 0.943. The molecular formula is C19H30N4O. The van der Waals surface area contributed by atoms with E-state index in [9.17, 15) is 4.79 Å². The molecule has 0 bridgehead atoms. The SMILES string of the molecule is Cc1cncc(N2CCC(C(=O)N3CCC(C(C)C)CC3)CC2)n1. The molecule has 1 amide bonds. The molecule has 0 radical (unpaired) electrons. The molecule has 0 N–H and O–H groups in total. The first-order valence-electron chi connectivity index (χ1n) is 9.37. The van der Waals surface area contributed by atoms with Gasteiger partial charge in [-0.2, -0.15) is 0 Å². The second kappa shape index (κ2) is 7.49. The lowest BCUT2D eigenvalue weighted by atomic mass is 9.86. The maximum Gasteiger partial charge on any atom is 0.225 e. The van der Waals surface area contributed by atoms with E-state index in [1.54, 1.807) is 6.20 Å². The molecule has 0 unspecified atom stereocenters. The molecule has 0 spiro atoms. The van der Waals surface area contributed by atoms with E-state index in [0.717, 1.165) is 62.4 Å². The van der Waals surface area contributed by atoms with Gasteiger partial charge in [0.1, 0.15) is 5.82 Å². The van der Waals surface area contributed by atoms with Gasteiger partial charge in [0, 0.05) is 38.3 Å². The number of piperidine rings is 2. The van der Waals surface area contributed by atoms with Crippen molar-refractivity contribution in [1.29, 1.82) is 0 Å². The van der Waals surface area contributed by atoms with Gasteiger partial charge in [-0.3, -0.25) is 9.78 Å². The van der Waals surface area contributed by atoms with Gasteiger partial charge in [0.2, 0.25) is 5.91 Å². The van der Waals surface area contributed by atoms with E-state index in [4.69, 9.17) is 0 Å². The first-order chi connectivity index (χ1) is 11.5. The molecule has 3 rings (SSSR count). The number of carbonyl (C=O) groups is 1. The third-order valence-corrected chi connectivity index (χ3v) is 5.70. The molecule has 0 aromatic carbocycles. The van der Waals surface area contributed by atoms with Crippen molar-refractivity contribution in [2.75, 3.05) is 31.1 Å². The van der Waals surface area contributed by atoms with Crippen LogP contribution in [0.15, 0.2) is 12.4 Å². The van der Waals surface area contributed by atoms with Crippen molar-refractivity contribution >= 4 is 11.7 Å². The Morgan fingerprint density at radius 3 is 2.33 bits per heavy atom. The molecule has 5 heteroatoms. The number of amides is 1. The molecule has 24 heavy (non-hydrogen) atoms. The van der Waals surface area contributed by atoms with E-state index in [1.165, 1.54) is 12.8 Å². The Balaban J connectivity index is 1.50. The predicted molar refractivity (Wildman–Crippen MR) is 95.8 cm³/mol. The third kappa shape index (κ3) is 3.87. The summed E-state index contributed by atoms with van der Waals surface area (Å²) in [4.78, 5) is 26.0. The summed E-state index contributed by atoms with van der Waals surface area (Å²) in [5, 5.41) is 0. The molecule has 1 aromatic rings. The zero-order chi connectivity index (χ0) is 17.1. The highest BCUT2D eigenvalue weighted by molar-refractivity contribution is 5.79. The van der Waals surface area contributed by atoms with Crippen molar-refractivity contribution in [3.63, 3.8) is 0 Å². The molecular weight excluding hydrogens is 300 g/mol. The van der Waals surface area contributed by atoms with Crippen molar-refractivity contribution in [3.05, 3.63) is 18.1 Å². The van der Waals surface area contributed by atoms with E-state index in [1.807, 2.05) is 13.1 Å². The zero-order valence-electron chi connectivity index (χ0n) is 15.2. The molecule has 2 aliphatic heterocycles. The second-order valence-corrected chi connectivity index (χ2v) is 7.69. The Labute approximate surface area is 145 Å². The monoisotopic (exact) mass is 330 g/mol. The van der Waals surface area contributed by atoms with E-state index in [-0.39, 0.29) is 5.92 Å². The van der Waals surface area contributed by atoms with Gasteiger partial charge in [0.25, 0.3) is 0 Å². The summed E-state index contributed by atoms with van der Waals surface area (Å²) in [5.74, 6) is 3.04. The van der Waals surface area contributed by atoms with Crippen LogP contribution >= 0.6 is 0 Å². The molecule has 132 valence electrons. The topological polar surface area (TPSA) is 49.3 Å². The zero-order valence-corrected chi connectivity index (χ0v) is 15.2. The van der Waals surface area contributed by atoms with Crippen LogP contribution in [-0.4, -0.2) is 47.0 Å². The minimum Gasteiger partial charge on any atom is -0.355 e. The van der Waals surface area contributed by atoms with Gasteiger partial charge in [0.15, 0.2) is 0 Å². The lowest BCUT2D eigenvalue weighted by molar-refractivity contribution is -0.137. The fourth-order valence-electron chi connectivity index (χ4n) is 4.00. The van der Waals surface area contributed by atoms with Crippen molar-refractivity contribution in [1.82, 2.24) is 14.9 Å². The highest BCUT2D eigenvalue weighted by Gasteiger charge is 2.31. The highest BCUT2D eigenvalue weighted by atomic mass is 16.2. The maximum absolute atomic E-state index is 12.8. The third-order valence-electron chi connectivity index (χ3n) is 5.70. The summed E-state index contributed by atoms with van der Waals surface area (Å²) in [6.45, 7) is 10.3. The number of carbonyl (C=O) groups excluding carboxylic acids is 1. The summed E-state index contributed by atoms with van der Waals surface area (Å²) >= 11 is 0. The molecule has 2 saturated heterocycles. The van der Waals surface area contributed by atoms with Crippen LogP contribution in [0.2, 0.25) is 0 Å². The van der Waals surface area contributed by atoms with Gasteiger partial charge in [-0.05, 0) is 44.4 Å². The number of likely N-dealkylation sites (tertiary alicyclic amines) is 1. The molecule has 2 fully saturated rings. The Bertz CT molecular complexity index is 558. The lowest BCUT2D eigenvalue weighted by Gasteiger charge is -2.38. The molecule has 0 aliphatic carbocycles. The van der Waals surface area contributed by atoms with Crippen LogP contribution in [0.1, 0.15) is 45.2 Å². The standard InChI is InChI=1S/C19H30N4O/c1-14(2)16-4-10-23(11-5-16)19(24)17-6-8-22(9-7-17)18-13-20-12-15(3)21-18/h12-14,16-17H,4-11H2,1-3H3. The summed E-state index contributed by atoms with van der Waals surface area (Å²) in [7, 11) is 0. The van der Waals surface area contributed by atoms with Crippen molar-refractivity contribution in [3.8, 4) is 0 Å². The van der Waals surface area contributed by atoms with Gasteiger partial charge in [-0.25, -0.2) is 4.98 Å². The molecule has 5 nitrogen and oxygen atoms in total. The van der Waals surface area contributed by atoms with Crippen LogP contribution in [0.5, 0.6) is 0 Å². The van der Waals surface area contributed by atoms with E-state index < -0.39 is 0 Å². The second-order valence-electron chi connectivity index (χ2n) is 7.69. The lowest BCUT2D eigenvalue weighted by Crippen LogP contribution is -2.46. The van der Waals surface area contributed by atoms with Crippen LogP contribution in [0.3, 0.4) is 0 Å². The van der Waals surface area contributed by atoms with Crippen LogP contribution in [0, 0.1) is 24.7 Å². The fourth-order valence-corrected chi connectivity index (χ4v) is 4.00. The van der Waals surface area contributed by atoms with Gasteiger partial charge in [-0.1, -0.05) is 13.8 Å². The fraction of sp³-hybridized carbons (Fsp3) is 0.737. The van der Waals surface area contributed by atoms with Crippen LogP contribution in [0.25, 0.3) is 0 Å². The van der Waals surface area contributed by atoms with Crippen LogP contribution in [-0.2, 0) is 4.79 Å². The summed E-state index contributed by atoms with van der Waals surface area (Å²) in [6, 6.07) is 0. The highest BCUT2D eigenvalue weighted by Crippen LogP contribution is 2.28. The van der Waals surface area contributed by atoms with Crippen LogP contribution in [0.4, 0.5) is 5.82 Å². The molecule has 0 saturated carbocycles. The number of aromatic nitrogens is 2. The van der Waals surface area contributed by atoms with Gasteiger partial charge in [0.05, 0.1) is 11.9 Å². The number of anilines is 1. The van der Waals surface area contributed by atoms with E-state index >= 15 is 0 Å². The van der Waals surface area contributed by atoms with Crippen LogP contribution < -0.4 is 4.90 Å². The number of hydrogen-bond acceptors (Lipinski definition) is 4. The Kier molecular flexibility index (Phi) is 5.36. The van der Waals surface area contributed by atoms with Crippen molar-refractivity contribution < 1.29 is 4.79 Å². The maximum atomic E-state index is 12.8. The average Bonchev–Trinajstić information content (AvgIpc) is 2.61. The molecule has 3 heterocycles. The number of rotatable bonds is 3. The summed E-state index contributed by atoms with van der Waals surface area (Å²) in [6.07, 6.45) is 7.80. The van der Waals surface area contributed by atoms with Gasteiger partial charge >= 0.3 is 0 Å². The minimum atomic E-state index is 0.189. The quantitative estimate of drug-likeness (QED) is 0.855.